The molecule has 0 saturated heterocycles. The smallest absolute Gasteiger partial charge is 0.285 e. The molecule has 0 amide bonds. The second-order valence-electron chi connectivity index (χ2n) is 4.81. The fraction of sp³-hybridized carbons (Fsp3) is 0.0625. The summed E-state index contributed by atoms with van der Waals surface area (Å²) in [7, 11) is 0. The second-order valence-corrected chi connectivity index (χ2v) is 5.63. The molecule has 1 aromatic carbocycles. The molecule has 0 bridgehead atoms. The Labute approximate surface area is 142 Å². The van der Waals surface area contributed by atoms with Crippen LogP contribution in [0.5, 0.6) is 0 Å². The number of halogens is 2. The Morgan fingerprint density at radius 1 is 1.13 bits per heavy atom. The maximum atomic E-state index is 11.6. The maximum Gasteiger partial charge on any atom is 0.285 e. The van der Waals surface area contributed by atoms with Crippen LogP contribution in [-0.4, -0.2) is 15.2 Å². The van der Waals surface area contributed by atoms with E-state index in [1.165, 1.54) is 6.20 Å². The van der Waals surface area contributed by atoms with Gasteiger partial charge in [-0.3, -0.25) is 9.78 Å². The number of anilines is 1. The number of nitrogens with zero attached hydrogens (tertiary/aromatic N) is 2. The molecule has 0 spiro atoms. The molecule has 3 rings (SSSR count). The molecule has 2 heterocycles. The van der Waals surface area contributed by atoms with Crippen molar-refractivity contribution in [2.45, 2.75) is 6.04 Å². The molecular weight excluding hydrogens is 335 g/mol. The van der Waals surface area contributed by atoms with E-state index in [1.807, 2.05) is 36.4 Å². The zero-order valence-corrected chi connectivity index (χ0v) is 13.3. The van der Waals surface area contributed by atoms with Gasteiger partial charge in [-0.15, -0.1) is 0 Å². The monoisotopic (exact) mass is 346 g/mol. The first-order chi connectivity index (χ1) is 11.1. The van der Waals surface area contributed by atoms with Gasteiger partial charge in [0.05, 0.1) is 23.6 Å². The van der Waals surface area contributed by atoms with Crippen LogP contribution in [-0.2, 0) is 0 Å². The van der Waals surface area contributed by atoms with Crippen LogP contribution < -0.4 is 10.9 Å². The lowest BCUT2D eigenvalue weighted by atomic mass is 10.0. The summed E-state index contributed by atoms with van der Waals surface area (Å²) < 4.78 is 0. The van der Waals surface area contributed by atoms with Gasteiger partial charge in [-0.05, 0) is 29.8 Å². The lowest BCUT2D eigenvalue weighted by molar-refractivity contribution is 0.878. The number of aromatic amines is 1. The molecule has 7 heteroatoms. The number of hydrogen-bond donors (Lipinski definition) is 2. The van der Waals surface area contributed by atoms with Crippen LogP contribution in [0.2, 0.25) is 10.0 Å². The minimum Gasteiger partial charge on any atom is -0.370 e. The number of hydrogen-bond acceptors (Lipinski definition) is 4. The maximum absolute atomic E-state index is 11.6. The fourth-order valence-electron chi connectivity index (χ4n) is 2.20. The minimum atomic E-state index is -0.456. The number of pyridine rings is 1. The largest absolute Gasteiger partial charge is 0.370 e. The zero-order valence-electron chi connectivity index (χ0n) is 11.8. The molecule has 3 aromatic rings. The third-order valence-corrected chi connectivity index (χ3v) is 3.87. The van der Waals surface area contributed by atoms with Gasteiger partial charge in [-0.25, -0.2) is 5.10 Å². The Morgan fingerprint density at radius 2 is 2.00 bits per heavy atom. The summed E-state index contributed by atoms with van der Waals surface area (Å²) in [5.41, 5.74) is 1.63. The summed E-state index contributed by atoms with van der Waals surface area (Å²) in [5, 5.41) is 9.93. The molecule has 5 nitrogen and oxygen atoms in total. The topological polar surface area (TPSA) is 70.7 Å². The van der Waals surface area contributed by atoms with Crippen LogP contribution in [0.25, 0.3) is 0 Å². The Hall–Kier alpha value is -2.37. The van der Waals surface area contributed by atoms with Gasteiger partial charge in [0.15, 0.2) is 0 Å². The molecule has 0 aliphatic rings. The van der Waals surface area contributed by atoms with E-state index in [9.17, 15) is 4.79 Å². The van der Waals surface area contributed by atoms with E-state index in [4.69, 9.17) is 23.2 Å². The van der Waals surface area contributed by atoms with E-state index >= 15 is 0 Å². The predicted octanol–water partition coefficient (Wildman–Crippen LogP) is 3.67. The molecule has 0 saturated carbocycles. The Balaban J connectivity index is 2.06. The van der Waals surface area contributed by atoms with Crippen LogP contribution in [0.3, 0.4) is 0 Å². The molecule has 23 heavy (non-hydrogen) atoms. The molecule has 0 aliphatic carbocycles. The van der Waals surface area contributed by atoms with E-state index in [2.05, 4.69) is 20.5 Å². The van der Waals surface area contributed by atoms with E-state index < -0.39 is 5.56 Å². The second kappa shape index (κ2) is 6.81. The van der Waals surface area contributed by atoms with Crippen LogP contribution in [0.15, 0.2) is 59.7 Å². The van der Waals surface area contributed by atoms with Gasteiger partial charge in [0.25, 0.3) is 5.56 Å². The van der Waals surface area contributed by atoms with Crippen LogP contribution >= 0.6 is 23.2 Å². The van der Waals surface area contributed by atoms with E-state index in [1.54, 1.807) is 12.3 Å². The average Bonchev–Trinajstić information content (AvgIpc) is 2.57. The molecule has 0 aliphatic heterocycles. The van der Waals surface area contributed by atoms with E-state index in [0.29, 0.717) is 10.7 Å². The summed E-state index contributed by atoms with van der Waals surface area (Å²) in [4.78, 5) is 16.0. The van der Waals surface area contributed by atoms with Crippen molar-refractivity contribution in [2.24, 2.45) is 0 Å². The van der Waals surface area contributed by atoms with Crippen molar-refractivity contribution in [3.8, 4) is 0 Å². The van der Waals surface area contributed by atoms with Gasteiger partial charge in [0.2, 0.25) is 0 Å². The first-order valence-electron chi connectivity index (χ1n) is 6.81. The highest BCUT2D eigenvalue weighted by atomic mass is 35.5. The van der Waals surface area contributed by atoms with Gasteiger partial charge < -0.3 is 5.32 Å². The van der Waals surface area contributed by atoms with Crippen molar-refractivity contribution in [1.29, 1.82) is 0 Å². The highest BCUT2D eigenvalue weighted by molar-refractivity contribution is 6.33. The van der Waals surface area contributed by atoms with Gasteiger partial charge in [-0.2, -0.15) is 5.10 Å². The fourth-order valence-corrected chi connectivity index (χ4v) is 2.54. The zero-order chi connectivity index (χ0) is 16.2. The standard InChI is InChI=1S/C16H12Cl2N4O/c17-11-5-3-4-10(8-11)15(12-6-1-2-7-19-12)21-13-9-20-22-16(23)14(13)18/h1-9,15H,(H2,21,22,23). The average molecular weight is 347 g/mol. The third kappa shape index (κ3) is 3.52. The van der Waals surface area contributed by atoms with Crippen molar-refractivity contribution >= 4 is 28.9 Å². The Bertz CT molecular complexity index is 867. The summed E-state index contributed by atoms with van der Waals surface area (Å²) in [6.45, 7) is 0. The number of aromatic nitrogens is 3. The van der Waals surface area contributed by atoms with Crippen molar-refractivity contribution < 1.29 is 0 Å². The van der Waals surface area contributed by atoms with Crippen LogP contribution in [0.1, 0.15) is 17.3 Å². The first kappa shape index (κ1) is 15.5. The van der Waals surface area contributed by atoms with Gasteiger partial charge in [0.1, 0.15) is 5.02 Å². The van der Waals surface area contributed by atoms with Crippen molar-refractivity contribution in [3.63, 3.8) is 0 Å². The molecule has 0 radical (unpaired) electrons. The normalized spacial score (nSPS) is 11.9. The molecule has 1 unspecified atom stereocenters. The van der Waals surface area contributed by atoms with E-state index in [-0.39, 0.29) is 11.1 Å². The number of benzene rings is 1. The predicted molar refractivity (Wildman–Crippen MR) is 91.0 cm³/mol. The highest BCUT2D eigenvalue weighted by Crippen LogP contribution is 2.28. The van der Waals surface area contributed by atoms with E-state index in [0.717, 1.165) is 11.3 Å². The molecular formula is C16H12Cl2N4O. The van der Waals surface area contributed by atoms with Crippen LogP contribution in [0, 0.1) is 0 Å². The SMILES string of the molecule is O=c1[nH]ncc(NC(c2cccc(Cl)c2)c2ccccn2)c1Cl. The van der Waals surface area contributed by atoms with Crippen molar-refractivity contribution in [3.05, 3.63) is 86.5 Å². The Kier molecular flexibility index (Phi) is 4.60. The van der Waals surface area contributed by atoms with Gasteiger partial charge >= 0.3 is 0 Å². The molecule has 0 fully saturated rings. The number of rotatable bonds is 4. The molecule has 116 valence electrons. The third-order valence-electron chi connectivity index (χ3n) is 3.26. The lowest BCUT2D eigenvalue weighted by Gasteiger charge is -2.20. The van der Waals surface area contributed by atoms with Crippen molar-refractivity contribution in [2.75, 3.05) is 5.32 Å². The number of nitrogens with one attached hydrogen (secondary N) is 2. The molecule has 2 aromatic heterocycles. The van der Waals surface area contributed by atoms with Gasteiger partial charge in [-0.1, -0.05) is 41.4 Å². The molecule has 1 atom stereocenters. The van der Waals surface area contributed by atoms with Crippen LogP contribution in [0.4, 0.5) is 5.69 Å². The number of H-pyrrole nitrogens is 1. The van der Waals surface area contributed by atoms with Gasteiger partial charge in [0, 0.05) is 11.2 Å². The summed E-state index contributed by atoms with van der Waals surface area (Å²) in [6.07, 6.45) is 3.16. The first-order valence-corrected chi connectivity index (χ1v) is 7.57. The highest BCUT2D eigenvalue weighted by Gasteiger charge is 2.18. The summed E-state index contributed by atoms with van der Waals surface area (Å²) in [6, 6.07) is 12.7. The summed E-state index contributed by atoms with van der Waals surface area (Å²) >= 11 is 12.1. The Morgan fingerprint density at radius 3 is 2.74 bits per heavy atom. The van der Waals surface area contributed by atoms with Crippen molar-refractivity contribution in [1.82, 2.24) is 15.2 Å². The lowest BCUT2D eigenvalue weighted by Crippen LogP contribution is -2.17. The minimum absolute atomic E-state index is 0.0444. The summed E-state index contributed by atoms with van der Waals surface area (Å²) in [5.74, 6) is 0. The quantitative estimate of drug-likeness (QED) is 0.755. The molecule has 2 N–H and O–H groups in total.